The van der Waals surface area contributed by atoms with Crippen molar-refractivity contribution in [3.8, 4) is 22.6 Å². The maximum atomic E-state index is 14.9. The third-order valence-corrected chi connectivity index (χ3v) is 5.80. The van der Waals surface area contributed by atoms with Crippen LogP contribution in [-0.4, -0.2) is 15.5 Å². The molecule has 0 saturated heterocycles. The monoisotopic (exact) mass is 441 g/mol. The Hall–Kier alpha value is -3.73. The van der Waals surface area contributed by atoms with Gasteiger partial charge in [0, 0.05) is 18.2 Å². The second-order valence-electron chi connectivity index (χ2n) is 8.27. The van der Waals surface area contributed by atoms with Crippen LogP contribution in [-0.2, 0) is 7.05 Å². The Labute approximate surface area is 194 Å². The van der Waals surface area contributed by atoms with Crippen LogP contribution in [0.4, 0.5) is 4.39 Å². The van der Waals surface area contributed by atoms with Gasteiger partial charge in [0.2, 0.25) is 0 Å². The first-order valence-electron chi connectivity index (χ1n) is 11.2. The summed E-state index contributed by atoms with van der Waals surface area (Å²) < 4.78 is 16.7. The van der Waals surface area contributed by atoms with Gasteiger partial charge in [-0.3, -0.25) is 4.79 Å². The van der Waals surface area contributed by atoms with Crippen LogP contribution in [0.5, 0.6) is 0 Å². The minimum Gasteiger partial charge on any atom is -0.344 e. The minimum atomic E-state index is -0.402. The largest absolute Gasteiger partial charge is 0.344 e. The van der Waals surface area contributed by atoms with E-state index in [1.165, 1.54) is 6.07 Å². The Balaban J connectivity index is 1.83. The number of amides is 1. The lowest BCUT2D eigenvalue weighted by atomic mass is 10.0. The number of rotatable bonds is 7. The van der Waals surface area contributed by atoms with Crippen molar-refractivity contribution in [2.24, 2.45) is 7.05 Å². The van der Waals surface area contributed by atoms with Crippen LogP contribution in [0.25, 0.3) is 22.6 Å². The van der Waals surface area contributed by atoms with E-state index >= 15 is 0 Å². The van der Waals surface area contributed by atoms with Crippen LogP contribution in [0.15, 0.2) is 78.9 Å². The number of halogens is 1. The molecule has 33 heavy (non-hydrogen) atoms. The van der Waals surface area contributed by atoms with Crippen molar-refractivity contribution in [2.75, 3.05) is 0 Å². The molecule has 0 saturated carbocycles. The minimum absolute atomic E-state index is 0.144. The first kappa shape index (κ1) is 22.5. The predicted molar refractivity (Wildman–Crippen MR) is 130 cm³/mol. The van der Waals surface area contributed by atoms with E-state index in [0.717, 1.165) is 29.5 Å². The molecular formula is C28H28FN3O. The SMILES string of the molecule is CCCC(NC(=O)c1c(-c2cc(C)ccc2F)nc(-c2ccccc2)n1C)c1ccccc1. The average Bonchev–Trinajstić information content (AvgIpc) is 3.18. The quantitative estimate of drug-likeness (QED) is 0.357. The molecule has 0 spiro atoms. The van der Waals surface area contributed by atoms with Crippen molar-refractivity contribution in [1.82, 2.24) is 14.9 Å². The van der Waals surface area contributed by atoms with E-state index in [1.54, 1.807) is 23.7 Å². The normalized spacial score (nSPS) is 11.9. The van der Waals surface area contributed by atoms with Gasteiger partial charge in [-0.2, -0.15) is 0 Å². The third-order valence-electron chi connectivity index (χ3n) is 5.80. The van der Waals surface area contributed by atoms with Gasteiger partial charge in [0.15, 0.2) is 0 Å². The number of aromatic nitrogens is 2. The van der Waals surface area contributed by atoms with Crippen LogP contribution in [0.2, 0.25) is 0 Å². The zero-order chi connectivity index (χ0) is 23.4. The fraction of sp³-hybridized carbons (Fsp3) is 0.214. The van der Waals surface area contributed by atoms with Crippen molar-refractivity contribution in [2.45, 2.75) is 32.7 Å². The Morgan fingerprint density at radius 1 is 1.03 bits per heavy atom. The lowest BCUT2D eigenvalue weighted by molar-refractivity contribution is 0.0927. The highest BCUT2D eigenvalue weighted by molar-refractivity contribution is 6.00. The second-order valence-corrected chi connectivity index (χ2v) is 8.27. The molecule has 0 aliphatic carbocycles. The molecule has 0 bridgehead atoms. The summed E-state index contributed by atoms with van der Waals surface area (Å²) in [6.07, 6.45) is 1.72. The van der Waals surface area contributed by atoms with Gasteiger partial charge in [0.25, 0.3) is 5.91 Å². The third kappa shape index (κ3) is 4.72. The molecule has 0 radical (unpaired) electrons. The molecule has 4 nitrogen and oxygen atoms in total. The molecule has 1 atom stereocenters. The molecule has 4 rings (SSSR count). The van der Waals surface area contributed by atoms with Crippen molar-refractivity contribution in [3.63, 3.8) is 0 Å². The fourth-order valence-corrected chi connectivity index (χ4v) is 4.14. The standard InChI is InChI=1S/C28H28FN3O/c1-4-11-24(20-12-7-5-8-13-20)30-28(33)26-25(22-18-19(2)16-17-23(22)29)31-27(32(26)3)21-14-9-6-10-15-21/h5-10,12-18,24H,4,11H2,1-3H3,(H,30,33). The maximum Gasteiger partial charge on any atom is 0.270 e. The summed E-state index contributed by atoms with van der Waals surface area (Å²) in [6.45, 7) is 3.99. The van der Waals surface area contributed by atoms with E-state index in [4.69, 9.17) is 4.98 Å². The Bertz CT molecular complexity index is 1250. The highest BCUT2D eigenvalue weighted by atomic mass is 19.1. The van der Waals surface area contributed by atoms with Crippen molar-refractivity contribution < 1.29 is 9.18 Å². The summed E-state index contributed by atoms with van der Waals surface area (Å²) in [5, 5.41) is 3.18. The van der Waals surface area contributed by atoms with Crippen LogP contribution in [0.1, 0.15) is 47.4 Å². The second kappa shape index (κ2) is 9.82. The molecule has 0 aliphatic rings. The molecule has 1 N–H and O–H groups in total. The molecule has 5 heteroatoms. The molecule has 0 fully saturated rings. The van der Waals surface area contributed by atoms with Gasteiger partial charge in [0.1, 0.15) is 23.0 Å². The molecule has 1 unspecified atom stereocenters. The van der Waals surface area contributed by atoms with E-state index in [2.05, 4.69) is 12.2 Å². The van der Waals surface area contributed by atoms with Crippen molar-refractivity contribution in [1.29, 1.82) is 0 Å². The molecule has 0 aliphatic heterocycles. The van der Waals surface area contributed by atoms with Gasteiger partial charge in [-0.15, -0.1) is 0 Å². The van der Waals surface area contributed by atoms with Crippen molar-refractivity contribution >= 4 is 5.91 Å². The average molecular weight is 442 g/mol. The van der Waals surface area contributed by atoms with Gasteiger partial charge < -0.3 is 9.88 Å². The number of hydrogen-bond acceptors (Lipinski definition) is 2. The summed E-state index contributed by atoms with van der Waals surface area (Å²) in [6, 6.07) is 24.3. The first-order chi connectivity index (χ1) is 16.0. The predicted octanol–water partition coefficient (Wildman–Crippen LogP) is 6.47. The molecule has 1 heterocycles. The molecular weight excluding hydrogens is 413 g/mol. The Morgan fingerprint density at radius 3 is 2.36 bits per heavy atom. The number of aryl methyl sites for hydroxylation is 1. The van der Waals surface area contributed by atoms with Gasteiger partial charge in [-0.25, -0.2) is 9.37 Å². The topological polar surface area (TPSA) is 46.9 Å². The van der Waals surface area contributed by atoms with E-state index < -0.39 is 5.82 Å². The van der Waals surface area contributed by atoms with Gasteiger partial charge in [-0.05, 0) is 31.0 Å². The fourth-order valence-electron chi connectivity index (χ4n) is 4.14. The number of nitrogens with zero attached hydrogens (tertiary/aromatic N) is 2. The molecule has 4 aromatic rings. The van der Waals surface area contributed by atoms with Crippen LogP contribution < -0.4 is 5.32 Å². The summed E-state index contributed by atoms with van der Waals surface area (Å²) in [5.74, 6) is -0.0608. The lowest BCUT2D eigenvalue weighted by Crippen LogP contribution is -2.30. The highest BCUT2D eigenvalue weighted by Gasteiger charge is 2.26. The molecule has 1 aromatic heterocycles. The number of carbonyl (C=O) groups excluding carboxylic acids is 1. The zero-order valence-electron chi connectivity index (χ0n) is 19.2. The summed E-state index contributed by atoms with van der Waals surface area (Å²) in [5.41, 5.74) is 3.82. The number of nitrogens with one attached hydrogen (secondary N) is 1. The van der Waals surface area contributed by atoms with Gasteiger partial charge in [-0.1, -0.05) is 85.6 Å². The maximum absolute atomic E-state index is 14.9. The number of hydrogen-bond donors (Lipinski definition) is 1. The zero-order valence-corrected chi connectivity index (χ0v) is 19.2. The molecule has 3 aromatic carbocycles. The van der Waals surface area contributed by atoms with E-state index in [0.29, 0.717) is 22.8 Å². The van der Waals surface area contributed by atoms with E-state index in [-0.39, 0.29) is 11.9 Å². The summed E-state index contributed by atoms with van der Waals surface area (Å²) in [4.78, 5) is 18.4. The van der Waals surface area contributed by atoms with Gasteiger partial charge in [0.05, 0.1) is 6.04 Å². The summed E-state index contributed by atoms with van der Waals surface area (Å²) in [7, 11) is 1.80. The van der Waals surface area contributed by atoms with Crippen LogP contribution >= 0.6 is 0 Å². The highest BCUT2D eigenvalue weighted by Crippen LogP contribution is 2.31. The summed E-state index contributed by atoms with van der Waals surface area (Å²) >= 11 is 0. The van der Waals surface area contributed by atoms with E-state index in [1.807, 2.05) is 67.6 Å². The molecule has 168 valence electrons. The lowest BCUT2D eigenvalue weighted by Gasteiger charge is -2.19. The number of benzene rings is 3. The smallest absolute Gasteiger partial charge is 0.270 e. The first-order valence-corrected chi connectivity index (χ1v) is 11.2. The van der Waals surface area contributed by atoms with E-state index in [9.17, 15) is 9.18 Å². The number of carbonyl (C=O) groups is 1. The van der Waals surface area contributed by atoms with Crippen molar-refractivity contribution in [3.05, 3.63) is 102 Å². The molecule has 1 amide bonds. The Morgan fingerprint density at radius 2 is 1.70 bits per heavy atom. The Kier molecular flexibility index (Phi) is 6.68. The van der Waals surface area contributed by atoms with Crippen LogP contribution in [0.3, 0.4) is 0 Å². The van der Waals surface area contributed by atoms with Crippen LogP contribution in [0, 0.1) is 12.7 Å². The number of imidazole rings is 1. The van der Waals surface area contributed by atoms with Gasteiger partial charge >= 0.3 is 0 Å².